The van der Waals surface area contributed by atoms with Gasteiger partial charge in [-0.05, 0) is 43.0 Å². The van der Waals surface area contributed by atoms with E-state index in [1.165, 1.54) is 11.3 Å². The summed E-state index contributed by atoms with van der Waals surface area (Å²) in [6, 6.07) is 10.2. The van der Waals surface area contributed by atoms with Gasteiger partial charge in [-0.2, -0.15) is 0 Å². The van der Waals surface area contributed by atoms with Crippen molar-refractivity contribution in [1.29, 1.82) is 0 Å². The molecule has 0 amide bonds. The molecule has 0 aliphatic heterocycles. The quantitative estimate of drug-likeness (QED) is 0.601. The highest BCUT2D eigenvalue weighted by atomic mass is 35.5. The van der Waals surface area contributed by atoms with Crippen LogP contribution in [0.5, 0.6) is 0 Å². The number of nitrogens with zero attached hydrogens (tertiary/aromatic N) is 5. The predicted octanol–water partition coefficient (Wildman–Crippen LogP) is 4.33. The van der Waals surface area contributed by atoms with Gasteiger partial charge in [0.05, 0.1) is 16.7 Å². The van der Waals surface area contributed by atoms with Gasteiger partial charge in [0.2, 0.25) is 4.77 Å². The van der Waals surface area contributed by atoms with Crippen LogP contribution in [0.1, 0.15) is 5.56 Å². The Kier molecular flexibility index (Phi) is 5.34. The SMILES string of the molecule is CN(Cc1ccc(N(C)C)cc1)Cn1nc2c(Cl)cc(Cl)cn2c1=S. The number of benzene rings is 1. The first kappa shape index (κ1) is 18.2. The van der Waals surface area contributed by atoms with E-state index in [-0.39, 0.29) is 0 Å². The van der Waals surface area contributed by atoms with Gasteiger partial charge in [0.1, 0.15) is 0 Å². The van der Waals surface area contributed by atoms with Gasteiger partial charge in [-0.1, -0.05) is 35.3 Å². The van der Waals surface area contributed by atoms with E-state index in [0.29, 0.717) is 27.1 Å². The molecule has 0 bridgehead atoms. The molecule has 2 heterocycles. The lowest BCUT2D eigenvalue weighted by molar-refractivity contribution is 0.245. The highest BCUT2D eigenvalue weighted by Crippen LogP contribution is 2.21. The fourth-order valence-corrected chi connectivity index (χ4v) is 3.37. The van der Waals surface area contributed by atoms with Crippen LogP contribution in [0.3, 0.4) is 0 Å². The van der Waals surface area contributed by atoms with Crippen LogP contribution >= 0.6 is 35.4 Å². The molecule has 0 aliphatic carbocycles. The van der Waals surface area contributed by atoms with E-state index in [4.69, 9.17) is 35.4 Å². The summed E-state index contributed by atoms with van der Waals surface area (Å²) in [5.41, 5.74) is 3.02. The lowest BCUT2D eigenvalue weighted by Gasteiger charge is -2.17. The summed E-state index contributed by atoms with van der Waals surface area (Å²) in [6.07, 6.45) is 1.73. The molecule has 0 unspecified atom stereocenters. The predicted molar refractivity (Wildman–Crippen MR) is 106 cm³/mol. The Bertz CT molecular complexity index is 946. The molecule has 3 aromatic rings. The summed E-state index contributed by atoms with van der Waals surface area (Å²) in [5, 5.41) is 5.52. The van der Waals surface area contributed by atoms with E-state index >= 15 is 0 Å². The summed E-state index contributed by atoms with van der Waals surface area (Å²) in [7, 11) is 6.09. The summed E-state index contributed by atoms with van der Waals surface area (Å²) in [5.74, 6) is 0. The van der Waals surface area contributed by atoms with Crippen LogP contribution in [0.2, 0.25) is 10.0 Å². The molecule has 0 atom stereocenters. The van der Waals surface area contributed by atoms with Crippen molar-refractivity contribution in [2.24, 2.45) is 0 Å². The van der Waals surface area contributed by atoms with E-state index in [9.17, 15) is 0 Å². The van der Waals surface area contributed by atoms with Gasteiger partial charge in [0.25, 0.3) is 0 Å². The van der Waals surface area contributed by atoms with Crippen molar-refractivity contribution in [1.82, 2.24) is 19.1 Å². The molecule has 0 saturated carbocycles. The van der Waals surface area contributed by atoms with Crippen molar-refractivity contribution >= 4 is 46.8 Å². The van der Waals surface area contributed by atoms with Crippen LogP contribution in [0.4, 0.5) is 5.69 Å². The standard InChI is InChI=1S/C17H19Cl2N5S/c1-21(2)14-6-4-12(5-7-14)9-22(3)11-24-17(25)23-10-13(18)8-15(19)16(23)20-24/h4-8,10H,9,11H2,1-3H3. The van der Waals surface area contributed by atoms with E-state index in [1.807, 2.05) is 21.1 Å². The molecule has 5 nitrogen and oxygen atoms in total. The Balaban J connectivity index is 1.78. The number of halogens is 2. The third-order valence-electron chi connectivity index (χ3n) is 3.88. The zero-order valence-corrected chi connectivity index (χ0v) is 16.6. The molecule has 2 aromatic heterocycles. The van der Waals surface area contributed by atoms with Crippen LogP contribution < -0.4 is 4.90 Å². The number of fused-ring (bicyclic) bond motifs is 1. The molecule has 25 heavy (non-hydrogen) atoms. The molecule has 1 aromatic carbocycles. The van der Waals surface area contributed by atoms with Gasteiger partial charge in [0.15, 0.2) is 5.65 Å². The Morgan fingerprint density at radius 1 is 1.12 bits per heavy atom. The number of hydrogen-bond donors (Lipinski definition) is 0. The van der Waals surface area contributed by atoms with Gasteiger partial charge in [-0.25, -0.2) is 4.68 Å². The van der Waals surface area contributed by atoms with Gasteiger partial charge in [0, 0.05) is 32.5 Å². The highest BCUT2D eigenvalue weighted by Gasteiger charge is 2.11. The fraction of sp³-hybridized carbons (Fsp3) is 0.294. The monoisotopic (exact) mass is 395 g/mol. The minimum absolute atomic E-state index is 0.485. The third kappa shape index (κ3) is 3.98. The summed E-state index contributed by atoms with van der Waals surface area (Å²) in [6.45, 7) is 1.35. The van der Waals surface area contributed by atoms with Crippen molar-refractivity contribution in [3.63, 3.8) is 0 Å². The van der Waals surface area contributed by atoms with Crippen molar-refractivity contribution in [2.75, 3.05) is 26.0 Å². The molecular formula is C17H19Cl2N5S. The number of hydrogen-bond acceptors (Lipinski definition) is 4. The van der Waals surface area contributed by atoms with Gasteiger partial charge in [-0.3, -0.25) is 9.30 Å². The average Bonchev–Trinajstić information content (AvgIpc) is 2.85. The summed E-state index contributed by atoms with van der Waals surface area (Å²) in [4.78, 5) is 4.22. The van der Waals surface area contributed by atoms with Crippen LogP contribution in [0.25, 0.3) is 5.65 Å². The first-order valence-electron chi connectivity index (χ1n) is 7.74. The second-order valence-electron chi connectivity index (χ2n) is 6.20. The van der Waals surface area contributed by atoms with Crippen molar-refractivity contribution in [3.8, 4) is 0 Å². The van der Waals surface area contributed by atoms with E-state index in [1.54, 1.807) is 21.3 Å². The number of pyridine rings is 1. The Labute approximate surface area is 162 Å². The van der Waals surface area contributed by atoms with Crippen LogP contribution in [-0.2, 0) is 13.2 Å². The minimum atomic E-state index is 0.485. The summed E-state index contributed by atoms with van der Waals surface area (Å²) < 4.78 is 4.05. The molecule has 0 N–H and O–H groups in total. The first-order chi connectivity index (χ1) is 11.8. The zero-order chi connectivity index (χ0) is 18.1. The average molecular weight is 396 g/mol. The molecule has 0 aliphatic rings. The smallest absolute Gasteiger partial charge is 0.203 e. The molecule has 132 valence electrons. The molecule has 0 saturated heterocycles. The van der Waals surface area contributed by atoms with E-state index in [2.05, 4.69) is 39.2 Å². The largest absolute Gasteiger partial charge is 0.378 e. The van der Waals surface area contributed by atoms with E-state index < -0.39 is 0 Å². The van der Waals surface area contributed by atoms with Crippen molar-refractivity contribution in [3.05, 3.63) is 56.9 Å². The molecule has 0 radical (unpaired) electrons. The molecule has 0 fully saturated rings. The zero-order valence-electron chi connectivity index (χ0n) is 14.3. The number of anilines is 1. The van der Waals surface area contributed by atoms with Crippen molar-refractivity contribution in [2.45, 2.75) is 13.2 Å². The third-order valence-corrected chi connectivity index (χ3v) is 4.77. The van der Waals surface area contributed by atoms with E-state index in [0.717, 1.165) is 6.54 Å². The molecule has 8 heteroatoms. The lowest BCUT2D eigenvalue weighted by atomic mass is 10.2. The van der Waals surface area contributed by atoms with Crippen LogP contribution in [-0.4, -0.2) is 40.2 Å². The van der Waals surface area contributed by atoms with Gasteiger partial charge in [-0.15, -0.1) is 5.10 Å². The lowest BCUT2D eigenvalue weighted by Crippen LogP contribution is -2.22. The number of aromatic nitrogens is 3. The van der Waals surface area contributed by atoms with Crippen LogP contribution in [0.15, 0.2) is 36.5 Å². The van der Waals surface area contributed by atoms with Gasteiger partial charge >= 0.3 is 0 Å². The Morgan fingerprint density at radius 3 is 2.44 bits per heavy atom. The van der Waals surface area contributed by atoms with Gasteiger partial charge < -0.3 is 4.90 Å². The van der Waals surface area contributed by atoms with Crippen molar-refractivity contribution < 1.29 is 0 Å². The summed E-state index contributed by atoms with van der Waals surface area (Å²) >= 11 is 17.7. The Hall–Kier alpha value is -1.60. The molecule has 3 rings (SSSR count). The maximum atomic E-state index is 6.21. The molecule has 0 spiro atoms. The van der Waals surface area contributed by atoms with Crippen LogP contribution in [0, 0.1) is 4.77 Å². The minimum Gasteiger partial charge on any atom is -0.378 e. The number of rotatable bonds is 5. The maximum Gasteiger partial charge on any atom is 0.203 e. The maximum absolute atomic E-state index is 6.21. The normalized spacial score (nSPS) is 11.4. The second kappa shape index (κ2) is 7.33. The first-order valence-corrected chi connectivity index (χ1v) is 8.90. The Morgan fingerprint density at radius 2 is 1.80 bits per heavy atom. The second-order valence-corrected chi connectivity index (χ2v) is 7.41. The highest BCUT2D eigenvalue weighted by molar-refractivity contribution is 7.71. The molecular weight excluding hydrogens is 377 g/mol. The topological polar surface area (TPSA) is 28.7 Å². The fourth-order valence-electron chi connectivity index (χ4n) is 2.63.